The maximum absolute atomic E-state index is 5.42. The second kappa shape index (κ2) is 6.96. The summed E-state index contributed by atoms with van der Waals surface area (Å²) in [5.74, 6) is 0. The first-order valence-electron chi connectivity index (χ1n) is 9.17. The summed E-state index contributed by atoms with van der Waals surface area (Å²) in [6.07, 6.45) is 2.37. The van der Waals surface area contributed by atoms with Crippen molar-refractivity contribution in [1.29, 1.82) is 0 Å². The Balaban J connectivity index is 1.55. The van der Waals surface area contributed by atoms with E-state index in [2.05, 4.69) is 58.9 Å². The largest absolute Gasteiger partial charge is 0.379 e. The molecule has 1 fully saturated rings. The molecule has 0 amide bonds. The summed E-state index contributed by atoms with van der Waals surface area (Å²) in [7, 11) is 0. The van der Waals surface area contributed by atoms with Crippen LogP contribution < -0.4 is 0 Å². The highest BCUT2D eigenvalue weighted by molar-refractivity contribution is 6.08. The topological polar surface area (TPSA) is 17.4 Å². The van der Waals surface area contributed by atoms with E-state index in [1.807, 2.05) is 0 Å². The molecule has 0 bridgehead atoms. The zero-order chi connectivity index (χ0) is 16.4. The van der Waals surface area contributed by atoms with Crippen molar-refractivity contribution in [2.24, 2.45) is 0 Å². The minimum atomic E-state index is 0.891. The molecule has 0 saturated carbocycles. The van der Waals surface area contributed by atoms with Crippen LogP contribution in [0.3, 0.4) is 0 Å². The lowest BCUT2D eigenvalue weighted by Crippen LogP contribution is -2.36. The smallest absolute Gasteiger partial charge is 0.0594 e. The molecular formula is C21H26N2O. The molecule has 1 saturated heterocycles. The van der Waals surface area contributed by atoms with E-state index in [0.29, 0.717) is 0 Å². The van der Waals surface area contributed by atoms with E-state index in [9.17, 15) is 0 Å². The van der Waals surface area contributed by atoms with Gasteiger partial charge in [0.15, 0.2) is 0 Å². The lowest BCUT2D eigenvalue weighted by Gasteiger charge is -2.26. The molecule has 1 aliphatic rings. The van der Waals surface area contributed by atoms with Crippen molar-refractivity contribution >= 4 is 21.8 Å². The summed E-state index contributed by atoms with van der Waals surface area (Å²) in [5, 5.41) is 2.78. The molecule has 0 aliphatic carbocycles. The number of para-hydroxylation sites is 1. The molecule has 0 atom stereocenters. The average molecular weight is 322 g/mol. The highest BCUT2D eigenvalue weighted by Crippen LogP contribution is 2.29. The van der Waals surface area contributed by atoms with Crippen LogP contribution in [0.5, 0.6) is 0 Å². The predicted octanol–water partition coefficient (Wildman–Crippen LogP) is 4.08. The second-order valence-electron chi connectivity index (χ2n) is 6.67. The van der Waals surface area contributed by atoms with Gasteiger partial charge < -0.3 is 9.30 Å². The summed E-state index contributed by atoms with van der Waals surface area (Å²) < 4.78 is 7.84. The summed E-state index contributed by atoms with van der Waals surface area (Å²) in [6.45, 7) is 8.37. The van der Waals surface area contributed by atoms with Gasteiger partial charge in [0, 0.05) is 41.4 Å². The Morgan fingerprint density at radius 1 is 0.958 bits per heavy atom. The van der Waals surface area contributed by atoms with Crippen molar-refractivity contribution < 1.29 is 4.74 Å². The van der Waals surface area contributed by atoms with Gasteiger partial charge >= 0.3 is 0 Å². The molecule has 3 heteroatoms. The Morgan fingerprint density at radius 3 is 2.58 bits per heavy atom. The minimum Gasteiger partial charge on any atom is -0.379 e. The fourth-order valence-corrected chi connectivity index (χ4v) is 3.93. The molecule has 0 N–H and O–H groups in total. The number of hydrogen-bond donors (Lipinski definition) is 0. The zero-order valence-corrected chi connectivity index (χ0v) is 14.5. The standard InChI is InChI=1S/C21H26N2O/c1-2-23-20-8-4-3-7-18(20)19-16-17(9-10-21(19)23)6-5-11-22-12-14-24-15-13-22/h3-4,7-10,16H,2,5-6,11-15H2,1H3. The van der Waals surface area contributed by atoms with Gasteiger partial charge in [-0.15, -0.1) is 0 Å². The van der Waals surface area contributed by atoms with E-state index in [-0.39, 0.29) is 0 Å². The number of aromatic nitrogens is 1. The van der Waals surface area contributed by atoms with Gasteiger partial charge in [0.1, 0.15) is 0 Å². The van der Waals surface area contributed by atoms with Crippen LogP contribution in [0.1, 0.15) is 18.9 Å². The molecule has 0 spiro atoms. The van der Waals surface area contributed by atoms with Crippen LogP contribution in [0.25, 0.3) is 21.8 Å². The monoisotopic (exact) mass is 322 g/mol. The highest BCUT2D eigenvalue weighted by atomic mass is 16.5. The number of ether oxygens (including phenoxy) is 1. The molecule has 4 rings (SSSR count). The Kier molecular flexibility index (Phi) is 4.54. The average Bonchev–Trinajstić information content (AvgIpc) is 2.96. The van der Waals surface area contributed by atoms with Crippen LogP contribution in [-0.4, -0.2) is 42.3 Å². The first-order valence-corrected chi connectivity index (χ1v) is 9.17. The van der Waals surface area contributed by atoms with E-state index in [1.54, 1.807) is 0 Å². The number of aryl methyl sites for hydroxylation is 2. The van der Waals surface area contributed by atoms with Crippen molar-refractivity contribution in [3.63, 3.8) is 0 Å². The number of fused-ring (bicyclic) bond motifs is 3. The molecule has 0 radical (unpaired) electrons. The molecule has 1 aromatic heterocycles. The summed E-state index contributed by atoms with van der Waals surface area (Å²) in [4.78, 5) is 2.52. The predicted molar refractivity (Wildman–Crippen MR) is 101 cm³/mol. The highest BCUT2D eigenvalue weighted by Gasteiger charge is 2.11. The Labute approximate surface area is 143 Å². The summed E-state index contributed by atoms with van der Waals surface area (Å²) in [5.41, 5.74) is 4.16. The van der Waals surface area contributed by atoms with Crippen molar-refractivity contribution in [3.05, 3.63) is 48.0 Å². The quantitative estimate of drug-likeness (QED) is 0.704. The first-order chi connectivity index (χ1) is 11.9. The van der Waals surface area contributed by atoms with Gasteiger partial charge in [-0.3, -0.25) is 4.90 Å². The Bertz CT molecular complexity index is 830. The number of morpholine rings is 1. The van der Waals surface area contributed by atoms with Crippen molar-refractivity contribution in [3.8, 4) is 0 Å². The van der Waals surface area contributed by atoms with Gasteiger partial charge in [-0.05, 0) is 50.1 Å². The van der Waals surface area contributed by atoms with E-state index in [0.717, 1.165) is 39.3 Å². The van der Waals surface area contributed by atoms with Gasteiger partial charge in [0.2, 0.25) is 0 Å². The molecule has 0 unspecified atom stereocenters. The molecule has 2 aromatic carbocycles. The molecule has 3 aromatic rings. The summed E-state index contributed by atoms with van der Waals surface area (Å²) in [6, 6.07) is 15.8. The molecule has 24 heavy (non-hydrogen) atoms. The molecule has 1 aliphatic heterocycles. The van der Waals surface area contributed by atoms with Crippen molar-refractivity contribution in [2.75, 3.05) is 32.8 Å². The lowest BCUT2D eigenvalue weighted by atomic mass is 10.1. The van der Waals surface area contributed by atoms with E-state index >= 15 is 0 Å². The van der Waals surface area contributed by atoms with Crippen LogP contribution in [0.2, 0.25) is 0 Å². The number of rotatable bonds is 5. The molecule has 2 heterocycles. The van der Waals surface area contributed by atoms with E-state index in [1.165, 1.54) is 40.3 Å². The lowest BCUT2D eigenvalue weighted by molar-refractivity contribution is 0.0375. The van der Waals surface area contributed by atoms with Crippen LogP contribution in [0.4, 0.5) is 0 Å². The number of benzene rings is 2. The maximum Gasteiger partial charge on any atom is 0.0594 e. The van der Waals surface area contributed by atoms with E-state index in [4.69, 9.17) is 4.74 Å². The van der Waals surface area contributed by atoms with Gasteiger partial charge in [0.25, 0.3) is 0 Å². The summed E-state index contributed by atoms with van der Waals surface area (Å²) >= 11 is 0. The number of hydrogen-bond acceptors (Lipinski definition) is 2. The van der Waals surface area contributed by atoms with Crippen LogP contribution in [0, 0.1) is 0 Å². The third-order valence-corrected chi connectivity index (χ3v) is 5.20. The fraction of sp³-hybridized carbons (Fsp3) is 0.429. The molecule has 126 valence electrons. The minimum absolute atomic E-state index is 0.891. The third-order valence-electron chi connectivity index (χ3n) is 5.20. The second-order valence-corrected chi connectivity index (χ2v) is 6.67. The van der Waals surface area contributed by atoms with Crippen LogP contribution >= 0.6 is 0 Å². The van der Waals surface area contributed by atoms with Gasteiger partial charge in [-0.25, -0.2) is 0 Å². The Morgan fingerprint density at radius 2 is 1.75 bits per heavy atom. The van der Waals surface area contributed by atoms with Gasteiger partial charge in [0.05, 0.1) is 13.2 Å². The van der Waals surface area contributed by atoms with Gasteiger partial charge in [-0.2, -0.15) is 0 Å². The third kappa shape index (κ3) is 2.94. The van der Waals surface area contributed by atoms with Gasteiger partial charge in [-0.1, -0.05) is 24.3 Å². The van der Waals surface area contributed by atoms with Crippen LogP contribution in [0.15, 0.2) is 42.5 Å². The van der Waals surface area contributed by atoms with Crippen molar-refractivity contribution in [2.45, 2.75) is 26.3 Å². The molecular weight excluding hydrogens is 296 g/mol. The van der Waals surface area contributed by atoms with E-state index < -0.39 is 0 Å². The maximum atomic E-state index is 5.42. The molecule has 3 nitrogen and oxygen atoms in total. The normalized spacial score (nSPS) is 16.2. The number of nitrogens with zero attached hydrogens (tertiary/aromatic N) is 2. The fourth-order valence-electron chi connectivity index (χ4n) is 3.93. The first kappa shape index (κ1) is 15.7. The SMILES string of the molecule is CCn1c2ccccc2c2cc(CCCN3CCOCC3)ccc21. The van der Waals surface area contributed by atoms with Crippen LogP contribution in [-0.2, 0) is 17.7 Å². The Hall–Kier alpha value is -1.84. The van der Waals surface area contributed by atoms with Crippen molar-refractivity contribution in [1.82, 2.24) is 9.47 Å². The zero-order valence-electron chi connectivity index (χ0n) is 14.5.